The maximum atomic E-state index is 10.9. The van der Waals surface area contributed by atoms with Gasteiger partial charge < -0.3 is 10.2 Å². The molecule has 0 unspecified atom stereocenters. The zero-order chi connectivity index (χ0) is 9.84. The van der Waals surface area contributed by atoms with Crippen molar-refractivity contribution in [3.63, 3.8) is 0 Å². The molecule has 0 saturated heterocycles. The Labute approximate surface area is 76.6 Å². The number of aliphatic hydroxyl groups is 1. The second-order valence-electron chi connectivity index (χ2n) is 2.88. The Morgan fingerprint density at radius 1 is 1.46 bits per heavy atom. The Morgan fingerprint density at radius 3 is 2.62 bits per heavy atom. The third-order valence-corrected chi connectivity index (χ3v) is 1.84. The van der Waals surface area contributed by atoms with Crippen molar-refractivity contribution in [2.45, 2.75) is 13.3 Å². The zero-order valence-corrected chi connectivity index (χ0v) is 7.45. The largest absolute Gasteiger partial charge is 0.507 e. The highest BCUT2D eigenvalue weighted by atomic mass is 16.3. The quantitative estimate of drug-likeness (QED) is 0.685. The monoisotopic (exact) mass is 180 g/mol. The molecule has 0 bridgehead atoms. The molecule has 0 radical (unpaired) electrons. The fourth-order valence-corrected chi connectivity index (χ4v) is 1.16. The first-order valence-electron chi connectivity index (χ1n) is 4.09. The minimum Gasteiger partial charge on any atom is -0.507 e. The van der Waals surface area contributed by atoms with Gasteiger partial charge in [-0.3, -0.25) is 4.79 Å². The maximum Gasteiger partial charge on any atom is 0.163 e. The maximum absolute atomic E-state index is 10.9. The van der Waals surface area contributed by atoms with Crippen LogP contribution in [-0.2, 0) is 6.42 Å². The van der Waals surface area contributed by atoms with Crippen molar-refractivity contribution in [1.82, 2.24) is 0 Å². The van der Waals surface area contributed by atoms with Crippen molar-refractivity contribution in [2.24, 2.45) is 0 Å². The first kappa shape index (κ1) is 9.74. The lowest BCUT2D eigenvalue weighted by Gasteiger charge is -2.03. The van der Waals surface area contributed by atoms with Crippen molar-refractivity contribution in [3.8, 4) is 5.75 Å². The minimum atomic E-state index is -0.159. The highest BCUT2D eigenvalue weighted by Gasteiger charge is 2.06. The van der Waals surface area contributed by atoms with Crippen LogP contribution < -0.4 is 0 Å². The topological polar surface area (TPSA) is 57.5 Å². The molecule has 70 valence electrons. The van der Waals surface area contributed by atoms with Gasteiger partial charge in [0.15, 0.2) is 5.78 Å². The van der Waals surface area contributed by atoms with Crippen LogP contribution in [0.15, 0.2) is 18.2 Å². The summed E-state index contributed by atoms with van der Waals surface area (Å²) in [4.78, 5) is 10.9. The lowest BCUT2D eigenvalue weighted by atomic mass is 10.1. The molecule has 1 rings (SSSR count). The van der Waals surface area contributed by atoms with Crippen molar-refractivity contribution in [2.75, 3.05) is 6.61 Å². The van der Waals surface area contributed by atoms with E-state index in [2.05, 4.69) is 0 Å². The first-order chi connectivity index (χ1) is 6.15. The molecule has 0 heterocycles. The van der Waals surface area contributed by atoms with Crippen LogP contribution in [-0.4, -0.2) is 22.6 Å². The molecule has 2 N–H and O–H groups in total. The predicted octanol–water partition coefficient (Wildman–Crippen LogP) is 1.13. The molecule has 0 spiro atoms. The number of phenolic OH excluding ortho intramolecular Hbond substituents is 1. The highest BCUT2D eigenvalue weighted by Crippen LogP contribution is 2.19. The second kappa shape index (κ2) is 4.05. The summed E-state index contributed by atoms with van der Waals surface area (Å²) in [7, 11) is 0. The van der Waals surface area contributed by atoms with Gasteiger partial charge in [0.05, 0.1) is 5.56 Å². The molecular formula is C10H12O3. The Kier molecular flexibility index (Phi) is 3.03. The van der Waals surface area contributed by atoms with Crippen LogP contribution in [0.2, 0.25) is 0 Å². The molecule has 0 aliphatic heterocycles. The van der Waals surface area contributed by atoms with Gasteiger partial charge in [-0.05, 0) is 31.0 Å². The van der Waals surface area contributed by atoms with Crippen molar-refractivity contribution < 1.29 is 15.0 Å². The van der Waals surface area contributed by atoms with E-state index in [0.29, 0.717) is 12.0 Å². The first-order valence-corrected chi connectivity index (χ1v) is 4.09. The van der Waals surface area contributed by atoms with E-state index in [1.165, 1.54) is 13.0 Å². The van der Waals surface area contributed by atoms with Gasteiger partial charge in [0.1, 0.15) is 5.75 Å². The molecule has 13 heavy (non-hydrogen) atoms. The molecule has 0 aliphatic carbocycles. The van der Waals surface area contributed by atoms with Gasteiger partial charge in [-0.2, -0.15) is 0 Å². The summed E-state index contributed by atoms with van der Waals surface area (Å²) >= 11 is 0. The summed E-state index contributed by atoms with van der Waals surface area (Å²) < 4.78 is 0. The van der Waals surface area contributed by atoms with E-state index < -0.39 is 0 Å². The number of rotatable bonds is 3. The summed E-state index contributed by atoms with van der Waals surface area (Å²) in [5.41, 5.74) is 1.15. The van der Waals surface area contributed by atoms with Gasteiger partial charge in [0.25, 0.3) is 0 Å². The van der Waals surface area contributed by atoms with Crippen molar-refractivity contribution in [3.05, 3.63) is 29.3 Å². The summed E-state index contributed by atoms with van der Waals surface area (Å²) in [6.45, 7) is 1.44. The molecule has 3 heteroatoms. The van der Waals surface area contributed by atoms with E-state index in [1.54, 1.807) is 12.1 Å². The van der Waals surface area contributed by atoms with Crippen LogP contribution in [0.25, 0.3) is 0 Å². The van der Waals surface area contributed by atoms with Crippen LogP contribution in [0.5, 0.6) is 5.75 Å². The number of carbonyl (C=O) groups is 1. The number of hydrogen-bond donors (Lipinski definition) is 2. The third kappa shape index (κ3) is 2.29. The Morgan fingerprint density at radius 2 is 2.15 bits per heavy atom. The Bertz CT molecular complexity index is 318. The Hall–Kier alpha value is -1.35. The SMILES string of the molecule is CC(=O)c1ccc(CCO)cc1O. The molecule has 0 amide bonds. The number of hydrogen-bond acceptors (Lipinski definition) is 3. The van der Waals surface area contributed by atoms with E-state index in [0.717, 1.165) is 5.56 Å². The summed E-state index contributed by atoms with van der Waals surface area (Å²) in [6, 6.07) is 4.81. The fourth-order valence-electron chi connectivity index (χ4n) is 1.16. The molecule has 0 atom stereocenters. The molecule has 0 saturated carbocycles. The molecule has 1 aromatic carbocycles. The van der Waals surface area contributed by atoms with E-state index in [4.69, 9.17) is 5.11 Å². The predicted molar refractivity (Wildman–Crippen MR) is 48.9 cm³/mol. The molecule has 0 aliphatic rings. The van der Waals surface area contributed by atoms with E-state index >= 15 is 0 Å². The van der Waals surface area contributed by atoms with Gasteiger partial charge in [-0.1, -0.05) is 6.07 Å². The van der Waals surface area contributed by atoms with Crippen molar-refractivity contribution >= 4 is 5.78 Å². The molecule has 1 aromatic rings. The van der Waals surface area contributed by atoms with Crippen LogP contribution >= 0.6 is 0 Å². The third-order valence-electron chi connectivity index (χ3n) is 1.84. The lowest BCUT2D eigenvalue weighted by molar-refractivity contribution is 0.101. The number of ketones is 1. The second-order valence-corrected chi connectivity index (χ2v) is 2.88. The zero-order valence-electron chi connectivity index (χ0n) is 7.45. The van der Waals surface area contributed by atoms with E-state index in [1.807, 2.05) is 0 Å². The normalized spacial score (nSPS) is 10.0. The fraction of sp³-hybridized carbons (Fsp3) is 0.300. The number of aliphatic hydroxyl groups excluding tert-OH is 1. The molecule has 0 fully saturated rings. The van der Waals surface area contributed by atoms with Crippen LogP contribution in [0.4, 0.5) is 0 Å². The smallest absolute Gasteiger partial charge is 0.163 e. The van der Waals surface area contributed by atoms with E-state index in [9.17, 15) is 9.90 Å². The summed E-state index contributed by atoms with van der Waals surface area (Å²) in [5, 5.41) is 18.0. The van der Waals surface area contributed by atoms with Gasteiger partial charge in [-0.15, -0.1) is 0 Å². The molecule has 0 aromatic heterocycles. The minimum absolute atomic E-state index is 0.0153. The summed E-state index contributed by atoms with van der Waals surface area (Å²) in [5.74, 6) is -0.175. The van der Waals surface area contributed by atoms with Crippen LogP contribution in [0.3, 0.4) is 0 Å². The number of carbonyl (C=O) groups excluding carboxylic acids is 1. The number of phenols is 1. The molecule has 3 nitrogen and oxygen atoms in total. The van der Waals surface area contributed by atoms with E-state index in [-0.39, 0.29) is 18.1 Å². The van der Waals surface area contributed by atoms with Gasteiger partial charge >= 0.3 is 0 Å². The van der Waals surface area contributed by atoms with Crippen molar-refractivity contribution in [1.29, 1.82) is 0 Å². The average Bonchev–Trinajstić information content (AvgIpc) is 2.04. The van der Waals surface area contributed by atoms with Gasteiger partial charge in [0, 0.05) is 6.61 Å². The standard InChI is InChI=1S/C10H12O3/c1-7(12)9-3-2-8(4-5-11)6-10(9)13/h2-3,6,11,13H,4-5H2,1H3. The Balaban J connectivity index is 2.98. The highest BCUT2D eigenvalue weighted by molar-refractivity contribution is 5.96. The number of aromatic hydroxyl groups is 1. The lowest BCUT2D eigenvalue weighted by Crippen LogP contribution is -1.95. The van der Waals surface area contributed by atoms with Gasteiger partial charge in [-0.25, -0.2) is 0 Å². The molecular weight excluding hydrogens is 168 g/mol. The van der Waals surface area contributed by atoms with Gasteiger partial charge in [0.2, 0.25) is 0 Å². The average molecular weight is 180 g/mol. The number of benzene rings is 1. The number of Topliss-reactive ketones (excluding diaryl/α,β-unsaturated/α-hetero) is 1. The van der Waals surface area contributed by atoms with Crippen LogP contribution in [0, 0.1) is 0 Å². The van der Waals surface area contributed by atoms with Crippen LogP contribution in [0.1, 0.15) is 22.8 Å². The summed E-state index contributed by atoms with van der Waals surface area (Å²) in [6.07, 6.45) is 0.492.